The van der Waals surface area contributed by atoms with Crippen LogP contribution in [-0.4, -0.2) is 12.0 Å². The van der Waals surface area contributed by atoms with Crippen LogP contribution in [0.3, 0.4) is 0 Å². The Morgan fingerprint density at radius 3 is 2.60 bits per heavy atom. The first kappa shape index (κ1) is 9.56. The Bertz CT molecular complexity index is 132. The molecule has 0 unspecified atom stereocenters. The van der Waals surface area contributed by atoms with Crippen molar-refractivity contribution in [2.75, 3.05) is 6.26 Å². The lowest BCUT2D eigenvalue weighted by molar-refractivity contribution is 0.956. The molecule has 0 bridgehead atoms. The van der Waals surface area contributed by atoms with Crippen LogP contribution in [0.5, 0.6) is 0 Å². The lowest BCUT2D eigenvalue weighted by Gasteiger charge is -2.03. The van der Waals surface area contributed by atoms with E-state index in [1.54, 1.807) is 11.9 Å². The summed E-state index contributed by atoms with van der Waals surface area (Å²) < 4.78 is 3.03. The maximum absolute atomic E-state index is 7.14. The molecule has 0 aromatic heterocycles. The van der Waals surface area contributed by atoms with Gasteiger partial charge in [0.05, 0.1) is 0 Å². The molecule has 0 heterocycles. The summed E-state index contributed by atoms with van der Waals surface area (Å²) in [6.45, 7) is 5.60. The minimum absolute atomic E-state index is 0.712. The molecule has 2 N–H and O–H groups in total. The van der Waals surface area contributed by atoms with Crippen LogP contribution in [0.15, 0.2) is 12.3 Å². The minimum Gasteiger partial charge on any atom is -0.334 e. The van der Waals surface area contributed by atoms with Crippen molar-refractivity contribution in [3.63, 3.8) is 0 Å². The highest BCUT2D eigenvalue weighted by atomic mass is 32.2. The highest BCUT2D eigenvalue weighted by Gasteiger charge is 1.92. The summed E-state index contributed by atoms with van der Waals surface area (Å²) in [5.74, 6) is 0. The van der Waals surface area contributed by atoms with Gasteiger partial charge in [0, 0.05) is 17.7 Å². The van der Waals surface area contributed by atoms with E-state index in [-0.39, 0.29) is 0 Å². The molecule has 10 heavy (non-hydrogen) atoms. The van der Waals surface area contributed by atoms with Crippen LogP contribution in [0.1, 0.15) is 19.8 Å². The van der Waals surface area contributed by atoms with Gasteiger partial charge in [0.2, 0.25) is 0 Å². The molecular formula is C7H14N2S. The molecule has 0 fully saturated rings. The van der Waals surface area contributed by atoms with E-state index in [1.165, 1.54) is 0 Å². The predicted molar refractivity (Wildman–Crippen MR) is 48.4 cm³/mol. The van der Waals surface area contributed by atoms with Crippen LogP contribution in [0.2, 0.25) is 0 Å². The minimum atomic E-state index is 0.712. The topological polar surface area (TPSA) is 35.9 Å². The van der Waals surface area contributed by atoms with E-state index < -0.39 is 0 Å². The Labute approximate surface area is 66.7 Å². The van der Waals surface area contributed by atoms with Crippen LogP contribution in [0.25, 0.3) is 0 Å². The average Bonchev–Trinajstić information content (AvgIpc) is 1.85. The Morgan fingerprint density at radius 1 is 1.60 bits per heavy atom. The summed E-state index contributed by atoms with van der Waals surface area (Å²) in [7, 11) is 0. The summed E-state index contributed by atoms with van der Waals surface area (Å²) in [4.78, 5) is 0. The molecular weight excluding hydrogens is 144 g/mol. The Balaban J connectivity index is 3.30. The molecule has 0 aliphatic carbocycles. The van der Waals surface area contributed by atoms with Crippen molar-refractivity contribution < 1.29 is 0 Å². The molecule has 0 saturated heterocycles. The van der Waals surface area contributed by atoms with Gasteiger partial charge in [0.1, 0.15) is 0 Å². The predicted octanol–water partition coefficient (Wildman–Crippen LogP) is 2.19. The zero-order valence-electron chi connectivity index (χ0n) is 6.53. The van der Waals surface area contributed by atoms with Crippen molar-refractivity contribution in [1.82, 2.24) is 4.72 Å². The summed E-state index contributed by atoms with van der Waals surface area (Å²) in [5.41, 5.74) is 1.71. The summed E-state index contributed by atoms with van der Waals surface area (Å²) >= 11 is 1.54. The second-order valence-electron chi connectivity index (χ2n) is 2.19. The second kappa shape index (κ2) is 5.35. The van der Waals surface area contributed by atoms with Crippen LogP contribution >= 0.6 is 11.9 Å². The van der Waals surface area contributed by atoms with Gasteiger partial charge in [-0.1, -0.05) is 18.5 Å². The maximum Gasteiger partial charge on any atom is 0.0142 e. The van der Waals surface area contributed by atoms with Gasteiger partial charge in [0.25, 0.3) is 0 Å². The van der Waals surface area contributed by atoms with E-state index in [0.717, 1.165) is 18.5 Å². The molecule has 0 atom stereocenters. The van der Waals surface area contributed by atoms with Gasteiger partial charge in [-0.3, -0.25) is 0 Å². The van der Waals surface area contributed by atoms with Crippen LogP contribution in [0, 0.1) is 5.41 Å². The fourth-order valence-corrected chi connectivity index (χ4v) is 0.924. The largest absolute Gasteiger partial charge is 0.334 e. The fourth-order valence-electron chi connectivity index (χ4n) is 0.534. The Morgan fingerprint density at radius 2 is 2.20 bits per heavy atom. The Kier molecular flexibility index (Phi) is 5.12. The van der Waals surface area contributed by atoms with E-state index in [9.17, 15) is 0 Å². The first-order chi connectivity index (χ1) is 4.66. The van der Waals surface area contributed by atoms with Gasteiger partial charge >= 0.3 is 0 Å². The van der Waals surface area contributed by atoms with Gasteiger partial charge in [-0.25, -0.2) is 0 Å². The number of hydrogen-bond donors (Lipinski definition) is 2. The standard InChI is InChI=1S/C7H14N2S/c1-6(8)4-5-7(2)9-10-3/h8-9H,2,4-5H2,1,3H3. The van der Waals surface area contributed by atoms with Crippen LogP contribution < -0.4 is 4.72 Å². The molecule has 2 nitrogen and oxygen atoms in total. The Hall–Kier alpha value is -0.440. The van der Waals surface area contributed by atoms with Crippen molar-refractivity contribution in [2.45, 2.75) is 19.8 Å². The third kappa shape index (κ3) is 5.69. The lowest BCUT2D eigenvalue weighted by atomic mass is 10.2. The average molecular weight is 158 g/mol. The molecule has 0 aliphatic rings. The number of hydrogen-bond acceptors (Lipinski definition) is 3. The van der Waals surface area contributed by atoms with E-state index in [2.05, 4.69) is 11.3 Å². The third-order valence-electron chi connectivity index (χ3n) is 1.05. The molecule has 0 rings (SSSR count). The number of nitrogens with one attached hydrogen (secondary N) is 2. The van der Waals surface area contributed by atoms with E-state index in [0.29, 0.717) is 5.71 Å². The molecule has 0 spiro atoms. The molecule has 0 radical (unpaired) electrons. The first-order valence-corrected chi connectivity index (χ1v) is 4.40. The van der Waals surface area contributed by atoms with Gasteiger partial charge in [-0.15, -0.1) is 0 Å². The van der Waals surface area contributed by atoms with E-state index >= 15 is 0 Å². The number of rotatable bonds is 5. The highest BCUT2D eigenvalue weighted by Crippen LogP contribution is 2.02. The molecule has 3 heteroatoms. The van der Waals surface area contributed by atoms with Crippen molar-refractivity contribution in [2.24, 2.45) is 0 Å². The molecule has 0 amide bonds. The third-order valence-corrected chi connectivity index (χ3v) is 1.54. The quantitative estimate of drug-likeness (QED) is 0.475. The van der Waals surface area contributed by atoms with Gasteiger partial charge in [-0.05, 0) is 19.8 Å². The summed E-state index contributed by atoms with van der Waals surface area (Å²) in [6, 6.07) is 0. The number of allylic oxidation sites excluding steroid dienone is 1. The fraction of sp³-hybridized carbons (Fsp3) is 0.571. The summed E-state index contributed by atoms with van der Waals surface area (Å²) in [6.07, 6.45) is 3.64. The van der Waals surface area contributed by atoms with Gasteiger partial charge < -0.3 is 10.1 Å². The van der Waals surface area contributed by atoms with E-state index in [4.69, 9.17) is 5.41 Å². The van der Waals surface area contributed by atoms with Crippen LogP contribution in [0.4, 0.5) is 0 Å². The first-order valence-electron chi connectivity index (χ1n) is 3.17. The SMILES string of the molecule is C=C(CCC(C)=N)NSC. The highest BCUT2D eigenvalue weighted by molar-refractivity contribution is 7.96. The molecule has 0 aliphatic heterocycles. The van der Waals surface area contributed by atoms with Crippen LogP contribution in [-0.2, 0) is 0 Å². The summed E-state index contributed by atoms with van der Waals surface area (Å²) in [5, 5.41) is 7.14. The van der Waals surface area contributed by atoms with E-state index in [1.807, 2.05) is 13.2 Å². The molecule has 0 aromatic carbocycles. The maximum atomic E-state index is 7.14. The van der Waals surface area contributed by atoms with Crippen molar-refractivity contribution in [3.8, 4) is 0 Å². The molecule has 0 aromatic rings. The zero-order valence-corrected chi connectivity index (χ0v) is 7.35. The zero-order chi connectivity index (χ0) is 7.98. The second-order valence-corrected chi connectivity index (χ2v) is 2.80. The monoisotopic (exact) mass is 158 g/mol. The van der Waals surface area contributed by atoms with Crippen molar-refractivity contribution in [1.29, 1.82) is 5.41 Å². The van der Waals surface area contributed by atoms with Gasteiger partial charge in [-0.2, -0.15) is 0 Å². The lowest BCUT2D eigenvalue weighted by Crippen LogP contribution is -2.02. The van der Waals surface area contributed by atoms with Crippen molar-refractivity contribution in [3.05, 3.63) is 12.3 Å². The molecule has 58 valence electrons. The smallest absolute Gasteiger partial charge is 0.0142 e. The van der Waals surface area contributed by atoms with Crippen molar-refractivity contribution >= 4 is 17.7 Å². The normalized spacial score (nSPS) is 9.00. The molecule has 0 saturated carbocycles. The van der Waals surface area contributed by atoms with Gasteiger partial charge in [0.15, 0.2) is 0 Å².